The van der Waals surface area contributed by atoms with Crippen LogP contribution in [0.2, 0.25) is 0 Å². The molecule has 0 aromatic heterocycles. The van der Waals surface area contributed by atoms with Crippen molar-refractivity contribution in [3.63, 3.8) is 0 Å². The smallest absolute Gasteiger partial charge is 0.462 e. The number of hydrogen-bond donors (Lipinski definition) is 3. The molecule has 0 aromatic rings. The molecule has 0 spiro atoms. The Kier molecular flexibility index (Phi) is 29.9. The fraction of sp³-hybridized carbons (Fsp3) is 0.730. The third-order valence-electron chi connectivity index (χ3n) is 7.38. The highest BCUT2D eigenvalue weighted by molar-refractivity contribution is 7.46. The minimum atomic E-state index is -4.77. The van der Waals surface area contributed by atoms with Gasteiger partial charge in [-0.05, 0) is 44.4 Å². The summed E-state index contributed by atoms with van der Waals surface area (Å²) >= 11 is 0. The number of aliphatic hydroxyl groups is 1. The number of aliphatic hydroxyl groups excluding tert-OH is 1. The predicted molar refractivity (Wildman–Crippen MR) is 190 cm³/mol. The van der Waals surface area contributed by atoms with Crippen LogP contribution in [0.5, 0.6) is 0 Å². The fourth-order valence-electron chi connectivity index (χ4n) is 4.66. The second-order valence-corrected chi connectivity index (χ2v) is 13.8. The van der Waals surface area contributed by atoms with Crippen LogP contribution < -0.4 is 0 Å². The largest absolute Gasteiger partial charge is 0.469 e. The molecule has 0 saturated heterocycles. The molecule has 9 nitrogen and oxygen atoms in total. The second-order valence-electron chi connectivity index (χ2n) is 12.5. The van der Waals surface area contributed by atoms with Gasteiger partial charge in [0.2, 0.25) is 0 Å². The summed E-state index contributed by atoms with van der Waals surface area (Å²) in [6, 6.07) is 0. The molecule has 272 valence electrons. The van der Waals surface area contributed by atoms with Gasteiger partial charge >= 0.3 is 19.8 Å². The highest BCUT2D eigenvalue weighted by Crippen LogP contribution is 2.35. The molecule has 3 N–H and O–H groups in total. The molecule has 0 fully saturated rings. The molecule has 0 aromatic carbocycles. The molecule has 0 aliphatic rings. The molecule has 0 heterocycles. The summed E-state index contributed by atoms with van der Waals surface area (Å²) in [5.41, 5.74) is 0. The van der Waals surface area contributed by atoms with E-state index in [1.807, 2.05) is 36.5 Å². The first kappa shape index (κ1) is 45.0. The van der Waals surface area contributed by atoms with Gasteiger partial charge in [-0.1, -0.05) is 140 Å². The highest BCUT2D eigenvalue weighted by atomic mass is 31.2. The van der Waals surface area contributed by atoms with Crippen LogP contribution in [0.1, 0.15) is 143 Å². The molecular formula is C37H65O9P. The number of unbranched alkanes of at least 4 members (excludes halogenated alkanes) is 10. The van der Waals surface area contributed by atoms with Crippen LogP contribution in [0, 0.1) is 5.92 Å². The summed E-state index contributed by atoms with van der Waals surface area (Å²) in [5.74, 6) is -0.217. The number of rotatable bonds is 31. The van der Waals surface area contributed by atoms with Crippen LogP contribution in [-0.4, -0.2) is 52.3 Å². The van der Waals surface area contributed by atoms with Crippen molar-refractivity contribution < 1.29 is 43.0 Å². The van der Waals surface area contributed by atoms with E-state index in [-0.39, 0.29) is 25.6 Å². The van der Waals surface area contributed by atoms with Gasteiger partial charge in [-0.2, -0.15) is 0 Å². The summed E-state index contributed by atoms with van der Waals surface area (Å²) in [5, 5.41) is 9.85. The van der Waals surface area contributed by atoms with Crippen molar-refractivity contribution in [3.8, 4) is 0 Å². The molecule has 10 heteroatoms. The Bertz CT molecular complexity index is 936. The Morgan fingerprint density at radius 2 is 1.30 bits per heavy atom. The van der Waals surface area contributed by atoms with E-state index in [1.165, 1.54) is 32.1 Å². The van der Waals surface area contributed by atoms with Crippen LogP contribution in [0.4, 0.5) is 0 Å². The van der Waals surface area contributed by atoms with Crippen LogP contribution in [-0.2, 0) is 28.2 Å². The zero-order valence-corrected chi connectivity index (χ0v) is 30.3. The molecule has 0 bridgehead atoms. The van der Waals surface area contributed by atoms with Gasteiger partial charge in [0.25, 0.3) is 0 Å². The maximum Gasteiger partial charge on any atom is 0.469 e. The molecule has 0 saturated carbocycles. The SMILES string of the molecule is CCCCC[C@H](O)/C=C/C=C\C/C=C\C/C=C\CCCC(=O)O[C@H](COC(=O)CCCCCCCCCCC(C)C)COP(=O)(O)O. The van der Waals surface area contributed by atoms with E-state index in [1.54, 1.807) is 0 Å². The van der Waals surface area contributed by atoms with Crippen LogP contribution in [0.15, 0.2) is 48.6 Å². The van der Waals surface area contributed by atoms with E-state index in [4.69, 9.17) is 19.3 Å². The van der Waals surface area contributed by atoms with Crippen molar-refractivity contribution in [1.29, 1.82) is 0 Å². The van der Waals surface area contributed by atoms with Crippen LogP contribution in [0.25, 0.3) is 0 Å². The van der Waals surface area contributed by atoms with E-state index < -0.39 is 32.5 Å². The normalized spacial score (nSPS) is 13.9. The van der Waals surface area contributed by atoms with Crippen molar-refractivity contribution in [1.82, 2.24) is 0 Å². The Morgan fingerprint density at radius 1 is 0.702 bits per heavy atom. The molecule has 0 unspecified atom stereocenters. The average molecular weight is 685 g/mol. The number of allylic oxidation sites excluding steroid dienone is 7. The number of carbonyl (C=O) groups is 2. The van der Waals surface area contributed by atoms with Gasteiger partial charge in [-0.3, -0.25) is 14.1 Å². The number of esters is 2. The molecule has 0 amide bonds. The van der Waals surface area contributed by atoms with E-state index in [0.717, 1.165) is 63.7 Å². The Hall–Kier alpha value is -2.03. The van der Waals surface area contributed by atoms with Gasteiger partial charge in [0.15, 0.2) is 6.10 Å². The molecular weight excluding hydrogens is 619 g/mol. The van der Waals surface area contributed by atoms with Gasteiger partial charge < -0.3 is 24.4 Å². The number of carbonyl (C=O) groups excluding carboxylic acids is 2. The first-order valence-corrected chi connectivity index (χ1v) is 19.4. The lowest BCUT2D eigenvalue weighted by atomic mass is 10.0. The minimum Gasteiger partial charge on any atom is -0.462 e. The van der Waals surface area contributed by atoms with Gasteiger partial charge in [-0.25, -0.2) is 4.57 Å². The Labute approximate surface area is 285 Å². The van der Waals surface area contributed by atoms with Crippen molar-refractivity contribution in [2.45, 2.75) is 155 Å². The molecule has 0 aliphatic heterocycles. The first-order chi connectivity index (χ1) is 22.5. The molecule has 0 radical (unpaired) electrons. The lowest BCUT2D eigenvalue weighted by Gasteiger charge is -2.18. The quantitative estimate of drug-likeness (QED) is 0.0214. The van der Waals surface area contributed by atoms with Gasteiger partial charge in [0, 0.05) is 12.8 Å². The standard InChI is InChI=1S/C37H65O9P/c1-4-5-21-27-34(38)28-23-18-14-9-7-6-8-10-16-20-25-30-37(40)46-35(32-45-47(41,42)43)31-44-36(39)29-24-19-15-12-11-13-17-22-26-33(2)3/h6-7,10,14,16,18,23,28,33-35,38H,4-5,8-9,11-13,15,17,19-22,24-27,29-32H2,1-3H3,(H2,41,42,43)/b7-6-,16-10-,18-14-,28-23+/t34-,35+/m0/s1. The molecule has 47 heavy (non-hydrogen) atoms. The molecule has 2 atom stereocenters. The van der Waals surface area contributed by atoms with Crippen LogP contribution in [0.3, 0.4) is 0 Å². The van der Waals surface area contributed by atoms with E-state index >= 15 is 0 Å². The zero-order valence-electron chi connectivity index (χ0n) is 29.4. The van der Waals surface area contributed by atoms with Crippen LogP contribution >= 0.6 is 7.82 Å². The maximum atomic E-state index is 12.3. The van der Waals surface area contributed by atoms with Crippen molar-refractivity contribution >= 4 is 19.8 Å². The van der Waals surface area contributed by atoms with Crippen molar-refractivity contribution in [2.75, 3.05) is 13.2 Å². The summed E-state index contributed by atoms with van der Waals surface area (Å²) in [4.78, 5) is 42.6. The summed E-state index contributed by atoms with van der Waals surface area (Å²) < 4.78 is 26.2. The van der Waals surface area contributed by atoms with Crippen molar-refractivity contribution in [2.24, 2.45) is 5.92 Å². The lowest BCUT2D eigenvalue weighted by molar-refractivity contribution is -0.161. The average Bonchev–Trinajstić information content (AvgIpc) is 3.01. The molecule has 0 aliphatic carbocycles. The maximum absolute atomic E-state index is 12.3. The number of phosphoric ester groups is 1. The van der Waals surface area contributed by atoms with Gasteiger partial charge in [0.1, 0.15) is 6.61 Å². The Balaban J connectivity index is 4.17. The van der Waals surface area contributed by atoms with E-state index in [0.29, 0.717) is 19.3 Å². The third kappa shape index (κ3) is 35.1. The van der Waals surface area contributed by atoms with Crippen molar-refractivity contribution in [3.05, 3.63) is 48.6 Å². The number of phosphoric acid groups is 1. The monoisotopic (exact) mass is 684 g/mol. The van der Waals surface area contributed by atoms with Gasteiger partial charge in [-0.15, -0.1) is 0 Å². The first-order valence-electron chi connectivity index (χ1n) is 17.9. The third-order valence-corrected chi connectivity index (χ3v) is 7.87. The topological polar surface area (TPSA) is 140 Å². The Morgan fingerprint density at radius 3 is 1.96 bits per heavy atom. The fourth-order valence-corrected chi connectivity index (χ4v) is 5.02. The predicted octanol–water partition coefficient (Wildman–Crippen LogP) is 9.22. The lowest BCUT2D eigenvalue weighted by Crippen LogP contribution is -2.29. The highest BCUT2D eigenvalue weighted by Gasteiger charge is 2.22. The number of ether oxygens (including phenoxy) is 2. The zero-order chi connectivity index (χ0) is 35.0. The minimum absolute atomic E-state index is 0.115. The summed E-state index contributed by atoms with van der Waals surface area (Å²) in [6.07, 6.45) is 31.8. The van der Waals surface area contributed by atoms with E-state index in [2.05, 4.69) is 37.4 Å². The van der Waals surface area contributed by atoms with Gasteiger partial charge in [0.05, 0.1) is 12.7 Å². The summed E-state index contributed by atoms with van der Waals surface area (Å²) in [7, 11) is -4.77. The molecule has 0 rings (SSSR count). The van der Waals surface area contributed by atoms with E-state index in [9.17, 15) is 19.3 Å². The second kappa shape index (κ2) is 31.3. The summed E-state index contributed by atoms with van der Waals surface area (Å²) in [6.45, 7) is 5.76. The number of hydrogen-bond acceptors (Lipinski definition) is 7.